The Hall–Kier alpha value is -3.72. The molecule has 5 rings (SSSR count). The third-order valence-electron chi connectivity index (χ3n) is 6.71. The molecular weight excluding hydrogens is 517 g/mol. The first-order chi connectivity index (χ1) is 18.4. The fraction of sp³-hybridized carbons (Fsp3) is 0.333. The summed E-state index contributed by atoms with van der Waals surface area (Å²) in [5, 5.41) is 14.3. The molecule has 0 saturated heterocycles. The number of para-hydroxylation sites is 1. The predicted octanol–water partition coefficient (Wildman–Crippen LogP) is 7.28. The van der Waals surface area contributed by atoms with Crippen LogP contribution in [0, 0.1) is 25.1 Å². The average molecular weight is 550 g/mol. The van der Waals surface area contributed by atoms with E-state index in [1.807, 2.05) is 6.92 Å². The van der Waals surface area contributed by atoms with E-state index in [9.17, 15) is 9.90 Å². The number of amides is 1. The molecule has 0 fully saturated rings. The lowest BCUT2D eigenvalue weighted by Gasteiger charge is -2.37. The van der Waals surface area contributed by atoms with Crippen molar-refractivity contribution in [1.29, 1.82) is 0 Å². The number of aromatic hydroxyl groups is 1. The quantitative estimate of drug-likeness (QED) is 0.255. The number of aromatic nitrogens is 1. The van der Waals surface area contributed by atoms with Crippen molar-refractivity contribution < 1.29 is 23.4 Å². The van der Waals surface area contributed by atoms with Gasteiger partial charge in [0.2, 0.25) is 0 Å². The molecule has 0 spiro atoms. The van der Waals surface area contributed by atoms with Gasteiger partial charge in [0.25, 0.3) is 5.91 Å². The fourth-order valence-corrected chi connectivity index (χ4v) is 6.30. The normalized spacial score (nSPS) is 18.1. The number of carbonyl (C=O) groups excluding carboxylic acids is 1. The second-order valence-electron chi connectivity index (χ2n) is 10.9. The molecule has 204 valence electrons. The maximum Gasteiger partial charge on any atom is 0.281 e. The van der Waals surface area contributed by atoms with Crippen molar-refractivity contribution in [1.82, 2.24) is 4.98 Å². The number of thioether (sulfide) groups is 1. The summed E-state index contributed by atoms with van der Waals surface area (Å²) >= 11 is 1.59. The van der Waals surface area contributed by atoms with Crippen LogP contribution in [0.5, 0.6) is 11.5 Å². The molecule has 1 unspecified atom stereocenters. The zero-order valence-electron chi connectivity index (χ0n) is 22.7. The topological polar surface area (TPSA) is 87.8 Å². The number of oxazole rings is 1. The standard InChI is InChI=1S/C30H32FN3O4S/c1-16(2)14-37-19-10-11-20(21(31)12-19)27-28-22(13-30(5,6)15-39-28)33-26-23(8-7-9-24(26)35)34(27)29(36)25-17(3)38-18(4)32-25/h7-12,27,33,35H,1,13-15H2,2-6H3. The average Bonchev–Trinajstić information content (AvgIpc) is 3.13. The fourth-order valence-electron chi connectivity index (χ4n) is 4.97. The number of hydrogen-bond acceptors (Lipinski definition) is 7. The second kappa shape index (κ2) is 10.1. The summed E-state index contributed by atoms with van der Waals surface area (Å²) in [4.78, 5) is 21.0. The van der Waals surface area contributed by atoms with Gasteiger partial charge in [-0.3, -0.25) is 9.69 Å². The highest BCUT2D eigenvalue weighted by molar-refractivity contribution is 8.03. The monoisotopic (exact) mass is 549 g/mol. The number of hydrogen-bond donors (Lipinski definition) is 2. The molecule has 1 aromatic heterocycles. The molecule has 0 radical (unpaired) electrons. The van der Waals surface area contributed by atoms with E-state index in [1.165, 1.54) is 11.0 Å². The summed E-state index contributed by atoms with van der Waals surface area (Å²) < 4.78 is 27.3. The summed E-state index contributed by atoms with van der Waals surface area (Å²) in [5.74, 6) is 0.897. The predicted molar refractivity (Wildman–Crippen MR) is 152 cm³/mol. The Morgan fingerprint density at radius 1 is 1.33 bits per heavy atom. The number of aryl methyl sites for hydroxylation is 2. The Bertz CT molecular complexity index is 1510. The van der Waals surface area contributed by atoms with Gasteiger partial charge in [-0.05, 0) is 55.5 Å². The van der Waals surface area contributed by atoms with Crippen LogP contribution in [0.15, 0.2) is 63.6 Å². The van der Waals surface area contributed by atoms with E-state index < -0.39 is 17.8 Å². The van der Waals surface area contributed by atoms with Crippen LogP contribution in [0.2, 0.25) is 0 Å². The minimum absolute atomic E-state index is 0.0109. The number of benzene rings is 2. The Labute approximate surface area is 231 Å². The Balaban J connectivity index is 1.74. The van der Waals surface area contributed by atoms with Gasteiger partial charge in [0.1, 0.15) is 35.4 Å². The molecule has 39 heavy (non-hydrogen) atoms. The lowest BCUT2D eigenvalue weighted by molar-refractivity contribution is 0.0974. The van der Waals surface area contributed by atoms with E-state index in [2.05, 4.69) is 30.7 Å². The Morgan fingerprint density at radius 2 is 2.10 bits per heavy atom. The molecule has 3 aromatic rings. The molecule has 1 amide bonds. The second-order valence-corrected chi connectivity index (χ2v) is 11.9. The molecule has 0 aliphatic carbocycles. The van der Waals surface area contributed by atoms with Gasteiger partial charge >= 0.3 is 0 Å². The van der Waals surface area contributed by atoms with Gasteiger partial charge < -0.3 is 19.6 Å². The Morgan fingerprint density at radius 3 is 2.77 bits per heavy atom. The van der Waals surface area contributed by atoms with Crippen LogP contribution in [0.4, 0.5) is 15.8 Å². The highest BCUT2D eigenvalue weighted by Gasteiger charge is 2.42. The maximum absolute atomic E-state index is 16.0. The zero-order valence-corrected chi connectivity index (χ0v) is 23.5. The van der Waals surface area contributed by atoms with E-state index >= 15 is 4.39 Å². The number of anilines is 2. The van der Waals surface area contributed by atoms with Crippen LogP contribution in [-0.2, 0) is 0 Å². The largest absolute Gasteiger partial charge is 0.506 e. The number of fused-ring (bicyclic) bond motifs is 1. The number of ether oxygens (including phenoxy) is 1. The van der Waals surface area contributed by atoms with Gasteiger partial charge in [-0.1, -0.05) is 26.5 Å². The number of carbonyl (C=O) groups is 1. The molecule has 1 atom stereocenters. The molecule has 3 heterocycles. The molecule has 0 saturated carbocycles. The van der Waals surface area contributed by atoms with Gasteiger partial charge in [-0.2, -0.15) is 0 Å². The number of allylic oxidation sites excluding steroid dienone is 1. The SMILES string of the molecule is C=C(C)COc1ccc(C2C3=C(CC(C)(C)CS3)Nc3c(O)cccc3N2C(=O)c2nc(C)oc2C)c(F)c1. The molecule has 0 bridgehead atoms. The number of halogens is 1. The third-order valence-corrected chi connectivity index (χ3v) is 8.42. The van der Waals surface area contributed by atoms with Gasteiger partial charge in [0.05, 0.1) is 11.7 Å². The lowest BCUT2D eigenvalue weighted by Crippen LogP contribution is -2.37. The van der Waals surface area contributed by atoms with Gasteiger partial charge in [-0.25, -0.2) is 9.37 Å². The first kappa shape index (κ1) is 26.9. The molecule has 9 heteroatoms. The van der Waals surface area contributed by atoms with Crippen LogP contribution in [-0.4, -0.2) is 28.4 Å². The number of nitrogens with one attached hydrogen (secondary N) is 1. The zero-order chi connectivity index (χ0) is 28.1. The smallest absolute Gasteiger partial charge is 0.281 e. The van der Waals surface area contributed by atoms with Crippen molar-refractivity contribution in [2.45, 2.75) is 47.1 Å². The number of rotatable bonds is 5. The third kappa shape index (κ3) is 5.15. The first-order valence-corrected chi connectivity index (χ1v) is 13.7. The maximum atomic E-state index is 16.0. The van der Waals surface area contributed by atoms with E-state index in [4.69, 9.17) is 9.15 Å². The number of phenols is 1. The van der Waals surface area contributed by atoms with Crippen molar-refractivity contribution in [3.63, 3.8) is 0 Å². The van der Waals surface area contributed by atoms with Crippen molar-refractivity contribution in [2.24, 2.45) is 5.41 Å². The Kier molecular flexibility index (Phi) is 6.97. The van der Waals surface area contributed by atoms with E-state index in [0.717, 1.165) is 21.9 Å². The molecule has 7 nitrogen and oxygen atoms in total. The minimum atomic E-state index is -0.823. The van der Waals surface area contributed by atoms with E-state index in [1.54, 1.807) is 55.9 Å². The first-order valence-electron chi connectivity index (χ1n) is 12.7. The van der Waals surface area contributed by atoms with E-state index in [0.29, 0.717) is 40.8 Å². The molecule has 2 aromatic carbocycles. The van der Waals surface area contributed by atoms with Crippen LogP contribution in [0.1, 0.15) is 60.9 Å². The van der Waals surface area contributed by atoms with Crippen LogP contribution < -0.4 is 15.0 Å². The summed E-state index contributed by atoms with van der Waals surface area (Å²) in [6, 6.07) is 8.85. The number of nitrogens with zero attached hydrogens (tertiary/aromatic N) is 2. The summed E-state index contributed by atoms with van der Waals surface area (Å²) in [6.07, 6.45) is 0.658. The van der Waals surface area contributed by atoms with Crippen molar-refractivity contribution in [2.75, 3.05) is 22.6 Å². The molecule has 2 N–H and O–H groups in total. The van der Waals surface area contributed by atoms with Crippen molar-refractivity contribution in [3.8, 4) is 11.5 Å². The van der Waals surface area contributed by atoms with Crippen LogP contribution >= 0.6 is 11.8 Å². The summed E-state index contributed by atoms with van der Waals surface area (Å²) in [5.41, 5.74) is 2.86. The van der Waals surface area contributed by atoms with Gasteiger partial charge in [-0.15, -0.1) is 11.8 Å². The lowest BCUT2D eigenvalue weighted by atomic mass is 9.88. The van der Waals surface area contributed by atoms with E-state index in [-0.39, 0.29) is 23.5 Å². The van der Waals surface area contributed by atoms with Gasteiger partial charge in [0.15, 0.2) is 11.6 Å². The van der Waals surface area contributed by atoms with Crippen LogP contribution in [0.3, 0.4) is 0 Å². The number of phenolic OH excluding ortho intramolecular Hbond substituents is 1. The summed E-state index contributed by atoms with van der Waals surface area (Å²) in [7, 11) is 0. The molecular formula is C30H32FN3O4S. The molecule has 2 aliphatic rings. The highest BCUT2D eigenvalue weighted by atomic mass is 32.2. The highest BCUT2D eigenvalue weighted by Crippen LogP contribution is 2.54. The minimum Gasteiger partial charge on any atom is -0.506 e. The molecule has 2 aliphatic heterocycles. The van der Waals surface area contributed by atoms with Crippen molar-refractivity contribution in [3.05, 3.63) is 87.9 Å². The van der Waals surface area contributed by atoms with Crippen LogP contribution in [0.25, 0.3) is 0 Å². The summed E-state index contributed by atoms with van der Waals surface area (Å²) in [6.45, 7) is 13.6. The van der Waals surface area contributed by atoms with Crippen molar-refractivity contribution >= 4 is 29.0 Å². The van der Waals surface area contributed by atoms with Gasteiger partial charge in [0, 0.05) is 34.9 Å².